The number of fused-ring (bicyclic) bond motifs is 1. The lowest BCUT2D eigenvalue weighted by Crippen LogP contribution is -2.02. The van der Waals surface area contributed by atoms with E-state index in [1.165, 1.54) is 17.6 Å². The predicted octanol–water partition coefficient (Wildman–Crippen LogP) is 3.40. The molecule has 3 heteroatoms. The topological polar surface area (TPSA) is 24.9 Å². The van der Waals surface area contributed by atoms with Crippen LogP contribution in [-0.2, 0) is 0 Å². The highest BCUT2D eigenvalue weighted by molar-refractivity contribution is 7.98. The second kappa shape index (κ2) is 5.75. The van der Waals surface area contributed by atoms with E-state index in [4.69, 9.17) is 0 Å². The van der Waals surface area contributed by atoms with E-state index in [0.717, 1.165) is 17.7 Å². The second-order valence-corrected chi connectivity index (χ2v) is 4.68. The van der Waals surface area contributed by atoms with Gasteiger partial charge in [-0.15, -0.1) is 0 Å². The van der Waals surface area contributed by atoms with Crippen LogP contribution in [0, 0.1) is 0 Å². The van der Waals surface area contributed by atoms with Crippen molar-refractivity contribution in [1.29, 1.82) is 0 Å². The number of nitrogens with zero attached hydrogens (tertiary/aromatic N) is 1. The van der Waals surface area contributed by atoms with E-state index in [1.54, 1.807) is 0 Å². The van der Waals surface area contributed by atoms with E-state index in [2.05, 4.69) is 28.7 Å². The van der Waals surface area contributed by atoms with E-state index < -0.39 is 0 Å². The molecule has 0 radical (unpaired) electrons. The first-order valence-electron chi connectivity index (χ1n) is 5.48. The molecule has 16 heavy (non-hydrogen) atoms. The smallest absolute Gasteiger partial charge is 0.0703 e. The monoisotopic (exact) mass is 232 g/mol. The Morgan fingerprint density at radius 3 is 3.06 bits per heavy atom. The molecule has 0 bridgehead atoms. The van der Waals surface area contributed by atoms with Crippen molar-refractivity contribution in [2.24, 2.45) is 0 Å². The fraction of sp³-hybridized carbons (Fsp3) is 0.308. The van der Waals surface area contributed by atoms with Crippen LogP contribution in [-0.4, -0.2) is 23.5 Å². The summed E-state index contributed by atoms with van der Waals surface area (Å²) in [5.74, 6) is 1.20. The molecule has 0 atom stereocenters. The summed E-state index contributed by atoms with van der Waals surface area (Å²) in [6.07, 6.45) is 5.23. The van der Waals surface area contributed by atoms with Gasteiger partial charge in [-0.1, -0.05) is 18.2 Å². The molecule has 0 amide bonds. The fourth-order valence-corrected chi connectivity index (χ4v) is 2.05. The van der Waals surface area contributed by atoms with Gasteiger partial charge in [-0.25, -0.2) is 0 Å². The number of anilines is 1. The zero-order valence-corrected chi connectivity index (χ0v) is 10.3. The second-order valence-electron chi connectivity index (χ2n) is 3.69. The minimum absolute atomic E-state index is 1.01. The summed E-state index contributed by atoms with van der Waals surface area (Å²) in [5, 5.41) is 4.59. The van der Waals surface area contributed by atoms with Gasteiger partial charge in [0.1, 0.15) is 0 Å². The van der Waals surface area contributed by atoms with Crippen LogP contribution in [0.5, 0.6) is 0 Å². The van der Waals surface area contributed by atoms with E-state index in [1.807, 2.05) is 36.2 Å². The number of thioether (sulfide) groups is 1. The number of hydrogen-bond donors (Lipinski definition) is 1. The van der Waals surface area contributed by atoms with Gasteiger partial charge in [0, 0.05) is 11.9 Å². The molecule has 0 fully saturated rings. The average Bonchev–Trinajstić information content (AvgIpc) is 2.34. The highest BCUT2D eigenvalue weighted by Crippen LogP contribution is 2.15. The number of rotatable bonds is 5. The Kier molecular flexibility index (Phi) is 4.05. The lowest BCUT2D eigenvalue weighted by molar-refractivity contribution is 0.992. The first-order chi connectivity index (χ1) is 7.90. The molecule has 0 spiro atoms. The quantitative estimate of drug-likeness (QED) is 0.800. The number of para-hydroxylation sites is 1. The third kappa shape index (κ3) is 2.89. The van der Waals surface area contributed by atoms with Gasteiger partial charge < -0.3 is 5.32 Å². The molecule has 1 aromatic heterocycles. The molecular weight excluding hydrogens is 216 g/mol. The van der Waals surface area contributed by atoms with Crippen LogP contribution >= 0.6 is 11.8 Å². The Balaban J connectivity index is 2.02. The molecule has 2 nitrogen and oxygen atoms in total. The van der Waals surface area contributed by atoms with Crippen molar-refractivity contribution in [3.05, 3.63) is 36.5 Å². The summed E-state index contributed by atoms with van der Waals surface area (Å²) in [6.45, 7) is 1.01. The van der Waals surface area contributed by atoms with Crippen molar-refractivity contribution >= 4 is 28.4 Å². The van der Waals surface area contributed by atoms with Gasteiger partial charge in [0.25, 0.3) is 0 Å². The zero-order chi connectivity index (χ0) is 11.2. The molecule has 1 heterocycles. The predicted molar refractivity (Wildman–Crippen MR) is 73.2 cm³/mol. The average molecular weight is 232 g/mol. The van der Waals surface area contributed by atoms with E-state index in [0.29, 0.717) is 0 Å². The van der Waals surface area contributed by atoms with Crippen molar-refractivity contribution < 1.29 is 0 Å². The molecule has 0 aliphatic carbocycles. The molecule has 0 saturated heterocycles. The Hall–Kier alpha value is -1.22. The van der Waals surface area contributed by atoms with Gasteiger partial charge in [0.2, 0.25) is 0 Å². The molecule has 1 aromatic carbocycles. The largest absolute Gasteiger partial charge is 0.384 e. The van der Waals surface area contributed by atoms with Crippen LogP contribution < -0.4 is 5.32 Å². The first-order valence-corrected chi connectivity index (χ1v) is 6.87. The summed E-state index contributed by atoms with van der Waals surface area (Å²) in [4.78, 5) is 4.41. The van der Waals surface area contributed by atoms with Gasteiger partial charge in [0.05, 0.1) is 17.4 Å². The number of aromatic nitrogens is 1. The number of hydrogen-bond acceptors (Lipinski definition) is 3. The van der Waals surface area contributed by atoms with Gasteiger partial charge >= 0.3 is 0 Å². The zero-order valence-electron chi connectivity index (χ0n) is 9.44. The minimum atomic E-state index is 1.01. The minimum Gasteiger partial charge on any atom is -0.384 e. The number of benzene rings is 1. The van der Waals surface area contributed by atoms with Crippen LogP contribution in [0.15, 0.2) is 36.5 Å². The highest BCUT2D eigenvalue weighted by Gasteiger charge is 1.96. The van der Waals surface area contributed by atoms with Crippen molar-refractivity contribution in [3.63, 3.8) is 0 Å². The van der Waals surface area contributed by atoms with Crippen LogP contribution in [0.3, 0.4) is 0 Å². The normalized spacial score (nSPS) is 10.6. The Bertz CT molecular complexity index is 456. The lowest BCUT2D eigenvalue weighted by atomic mass is 10.2. The van der Waals surface area contributed by atoms with Gasteiger partial charge in [-0.3, -0.25) is 4.98 Å². The third-order valence-corrected chi connectivity index (χ3v) is 3.14. The summed E-state index contributed by atoms with van der Waals surface area (Å²) < 4.78 is 0. The van der Waals surface area contributed by atoms with Crippen molar-refractivity contribution in [1.82, 2.24) is 4.98 Å². The Morgan fingerprint density at radius 2 is 2.19 bits per heavy atom. The maximum atomic E-state index is 4.41. The maximum absolute atomic E-state index is 4.41. The summed E-state index contributed by atoms with van der Waals surface area (Å²) in [6, 6.07) is 10.3. The Labute approximate surface area is 100 Å². The van der Waals surface area contributed by atoms with Crippen molar-refractivity contribution in [2.75, 3.05) is 23.9 Å². The van der Waals surface area contributed by atoms with E-state index in [-0.39, 0.29) is 0 Å². The molecule has 0 aliphatic rings. The van der Waals surface area contributed by atoms with Gasteiger partial charge in [-0.05, 0) is 30.6 Å². The van der Waals surface area contributed by atoms with Gasteiger partial charge in [0.15, 0.2) is 0 Å². The molecule has 84 valence electrons. The Morgan fingerprint density at radius 1 is 1.31 bits per heavy atom. The molecule has 1 N–H and O–H groups in total. The van der Waals surface area contributed by atoms with Crippen LogP contribution in [0.2, 0.25) is 0 Å². The summed E-state index contributed by atoms with van der Waals surface area (Å²) in [5.41, 5.74) is 2.16. The SMILES string of the molecule is CSCCCNc1cnc2ccccc2c1. The van der Waals surface area contributed by atoms with E-state index >= 15 is 0 Å². The molecule has 0 saturated carbocycles. The molecule has 0 aliphatic heterocycles. The standard InChI is InChI=1S/C13H16N2S/c1-16-8-4-7-14-12-9-11-5-2-3-6-13(11)15-10-12/h2-3,5-6,9-10,14H,4,7-8H2,1H3. The molecular formula is C13H16N2S. The van der Waals surface area contributed by atoms with Gasteiger partial charge in [-0.2, -0.15) is 11.8 Å². The highest BCUT2D eigenvalue weighted by atomic mass is 32.2. The summed E-state index contributed by atoms with van der Waals surface area (Å²) >= 11 is 1.88. The molecule has 0 unspecified atom stereocenters. The molecule has 2 rings (SSSR count). The number of pyridine rings is 1. The fourth-order valence-electron chi connectivity index (χ4n) is 1.62. The van der Waals surface area contributed by atoms with Crippen LogP contribution in [0.25, 0.3) is 10.9 Å². The van der Waals surface area contributed by atoms with Crippen molar-refractivity contribution in [2.45, 2.75) is 6.42 Å². The lowest BCUT2D eigenvalue weighted by Gasteiger charge is -2.06. The molecule has 2 aromatic rings. The summed E-state index contributed by atoms with van der Waals surface area (Å²) in [7, 11) is 0. The third-order valence-electron chi connectivity index (χ3n) is 2.44. The number of nitrogens with one attached hydrogen (secondary N) is 1. The maximum Gasteiger partial charge on any atom is 0.0703 e. The van der Waals surface area contributed by atoms with Crippen LogP contribution in [0.1, 0.15) is 6.42 Å². The van der Waals surface area contributed by atoms with E-state index in [9.17, 15) is 0 Å². The first kappa shape index (κ1) is 11.3. The van der Waals surface area contributed by atoms with Crippen LogP contribution in [0.4, 0.5) is 5.69 Å². The van der Waals surface area contributed by atoms with Crippen molar-refractivity contribution in [3.8, 4) is 0 Å².